The number of benzene rings is 1. The van der Waals surface area contributed by atoms with Crippen LogP contribution in [0.1, 0.15) is 28.9 Å². The molecule has 1 aromatic heterocycles. The first kappa shape index (κ1) is 19.8. The van der Waals surface area contributed by atoms with Crippen molar-refractivity contribution in [2.45, 2.75) is 40.3 Å². The molecule has 3 rings (SSSR count). The van der Waals surface area contributed by atoms with Crippen LogP contribution in [0.4, 0.5) is 0 Å². The molecule has 2 aromatic rings. The van der Waals surface area contributed by atoms with Gasteiger partial charge in [0.2, 0.25) is 11.8 Å². The van der Waals surface area contributed by atoms with Crippen molar-refractivity contribution in [2.24, 2.45) is 5.92 Å². The first-order valence-electron chi connectivity index (χ1n) is 9.49. The van der Waals surface area contributed by atoms with Gasteiger partial charge in [0.15, 0.2) is 0 Å². The Bertz CT molecular complexity index is 934. The second-order valence-electron chi connectivity index (χ2n) is 7.43. The number of amides is 2. The molecule has 28 heavy (non-hydrogen) atoms. The van der Waals surface area contributed by atoms with Crippen molar-refractivity contribution in [3.63, 3.8) is 0 Å². The zero-order valence-corrected chi connectivity index (χ0v) is 16.6. The van der Waals surface area contributed by atoms with E-state index in [-0.39, 0.29) is 29.8 Å². The van der Waals surface area contributed by atoms with E-state index in [1.807, 2.05) is 44.2 Å². The van der Waals surface area contributed by atoms with Crippen molar-refractivity contribution in [1.29, 1.82) is 0 Å². The molecule has 1 aromatic carbocycles. The molecule has 1 atom stereocenters. The molecule has 0 bridgehead atoms. The fraction of sp³-hybridized carbons (Fsp3) is 0.429. The van der Waals surface area contributed by atoms with Gasteiger partial charge >= 0.3 is 5.69 Å². The minimum atomic E-state index is -0.355. The topological polar surface area (TPSA) is 84.3 Å². The highest BCUT2D eigenvalue weighted by molar-refractivity contribution is 5.89. The minimum absolute atomic E-state index is 0.00414. The standard InChI is InChI=1S/C21H26N4O3/c1-14-4-6-17(7-5-14)12-24-13-18(11-19(24)26)20(27)22-8-9-25-16(3)10-15(2)23-21(25)28/h4-7,10,18H,8-9,11-13H2,1-3H3,(H,22,27)/t18-/m1/s1. The van der Waals surface area contributed by atoms with Crippen molar-refractivity contribution < 1.29 is 9.59 Å². The van der Waals surface area contributed by atoms with Crippen molar-refractivity contribution >= 4 is 11.8 Å². The monoisotopic (exact) mass is 382 g/mol. The Morgan fingerprint density at radius 3 is 2.57 bits per heavy atom. The van der Waals surface area contributed by atoms with Crippen molar-refractivity contribution in [3.05, 3.63) is 63.3 Å². The SMILES string of the molecule is Cc1ccc(CN2C[C@H](C(=O)NCCn3c(C)cc(C)nc3=O)CC2=O)cc1. The normalized spacial score (nSPS) is 16.5. The van der Waals surface area contributed by atoms with E-state index in [2.05, 4.69) is 10.3 Å². The third-order valence-corrected chi connectivity index (χ3v) is 5.06. The van der Waals surface area contributed by atoms with Gasteiger partial charge in [-0.3, -0.25) is 14.2 Å². The molecular weight excluding hydrogens is 356 g/mol. The number of hydrogen-bond donors (Lipinski definition) is 1. The second kappa shape index (κ2) is 8.37. The Labute approximate surface area is 164 Å². The van der Waals surface area contributed by atoms with Gasteiger partial charge in [0, 0.05) is 44.0 Å². The summed E-state index contributed by atoms with van der Waals surface area (Å²) < 4.78 is 1.54. The van der Waals surface area contributed by atoms with E-state index in [0.717, 1.165) is 11.3 Å². The molecule has 7 nitrogen and oxygen atoms in total. The lowest BCUT2D eigenvalue weighted by atomic mass is 10.1. The summed E-state index contributed by atoms with van der Waals surface area (Å²) in [6, 6.07) is 9.88. The van der Waals surface area contributed by atoms with Crippen LogP contribution in [0.25, 0.3) is 0 Å². The van der Waals surface area contributed by atoms with Crippen LogP contribution in [0.15, 0.2) is 35.1 Å². The Morgan fingerprint density at radius 2 is 1.89 bits per heavy atom. The van der Waals surface area contributed by atoms with E-state index in [1.54, 1.807) is 11.8 Å². The molecule has 0 unspecified atom stereocenters. The van der Waals surface area contributed by atoms with Crippen LogP contribution in [0.3, 0.4) is 0 Å². The van der Waals surface area contributed by atoms with Gasteiger partial charge in [-0.1, -0.05) is 29.8 Å². The largest absolute Gasteiger partial charge is 0.354 e. The molecule has 7 heteroatoms. The quantitative estimate of drug-likeness (QED) is 0.817. The molecule has 0 radical (unpaired) electrons. The summed E-state index contributed by atoms with van der Waals surface area (Å²) in [6.07, 6.45) is 0.225. The molecule has 1 aliphatic heterocycles. The van der Waals surface area contributed by atoms with Gasteiger partial charge in [-0.25, -0.2) is 4.79 Å². The zero-order valence-electron chi connectivity index (χ0n) is 16.6. The summed E-state index contributed by atoms with van der Waals surface area (Å²) in [6.45, 7) is 7.27. The molecule has 148 valence electrons. The average molecular weight is 382 g/mol. The maximum Gasteiger partial charge on any atom is 0.348 e. The number of aromatic nitrogens is 2. The fourth-order valence-electron chi connectivity index (χ4n) is 3.50. The lowest BCUT2D eigenvalue weighted by Crippen LogP contribution is -2.37. The molecule has 1 fully saturated rings. The first-order chi connectivity index (χ1) is 13.3. The number of likely N-dealkylation sites (tertiary alicyclic amines) is 1. The van der Waals surface area contributed by atoms with E-state index < -0.39 is 0 Å². The van der Waals surface area contributed by atoms with Gasteiger partial charge in [0.05, 0.1) is 5.92 Å². The summed E-state index contributed by atoms with van der Waals surface area (Å²) in [4.78, 5) is 42.3. The van der Waals surface area contributed by atoms with Crippen LogP contribution in [0.5, 0.6) is 0 Å². The van der Waals surface area contributed by atoms with Gasteiger partial charge < -0.3 is 10.2 Å². The highest BCUT2D eigenvalue weighted by Crippen LogP contribution is 2.20. The molecule has 2 heterocycles. The number of nitrogens with zero attached hydrogens (tertiary/aromatic N) is 3. The van der Waals surface area contributed by atoms with Crippen molar-refractivity contribution in [3.8, 4) is 0 Å². The van der Waals surface area contributed by atoms with Crippen LogP contribution in [-0.4, -0.2) is 39.4 Å². The highest BCUT2D eigenvalue weighted by Gasteiger charge is 2.34. The third kappa shape index (κ3) is 4.65. The van der Waals surface area contributed by atoms with Crippen LogP contribution < -0.4 is 11.0 Å². The van der Waals surface area contributed by atoms with Crippen LogP contribution in [-0.2, 0) is 22.7 Å². The number of carbonyl (C=O) groups is 2. The average Bonchev–Trinajstić information content (AvgIpc) is 3.00. The molecule has 1 N–H and O–H groups in total. The summed E-state index contributed by atoms with van der Waals surface area (Å²) >= 11 is 0. The number of hydrogen-bond acceptors (Lipinski definition) is 4. The Balaban J connectivity index is 1.52. The van der Waals surface area contributed by atoms with E-state index >= 15 is 0 Å². The smallest absolute Gasteiger partial charge is 0.348 e. The van der Waals surface area contributed by atoms with Crippen LogP contribution in [0.2, 0.25) is 0 Å². The molecular formula is C21H26N4O3. The summed E-state index contributed by atoms with van der Waals surface area (Å²) in [5, 5.41) is 2.85. The predicted molar refractivity (Wildman–Crippen MR) is 106 cm³/mol. The number of aryl methyl sites for hydroxylation is 3. The molecule has 2 amide bonds. The lowest BCUT2D eigenvalue weighted by Gasteiger charge is -2.17. The Kier molecular flexibility index (Phi) is 5.92. The Hall–Kier alpha value is -2.96. The number of nitrogens with one attached hydrogen (secondary N) is 1. The van der Waals surface area contributed by atoms with E-state index in [4.69, 9.17) is 0 Å². The van der Waals surface area contributed by atoms with Crippen LogP contribution in [0, 0.1) is 26.7 Å². The Morgan fingerprint density at radius 1 is 1.18 bits per heavy atom. The number of carbonyl (C=O) groups excluding carboxylic acids is 2. The van der Waals surface area contributed by atoms with E-state index in [9.17, 15) is 14.4 Å². The maximum atomic E-state index is 12.5. The van der Waals surface area contributed by atoms with Crippen LogP contribution >= 0.6 is 0 Å². The summed E-state index contributed by atoms with van der Waals surface area (Å²) in [5.41, 5.74) is 3.41. The molecule has 1 saturated heterocycles. The minimum Gasteiger partial charge on any atom is -0.354 e. The lowest BCUT2D eigenvalue weighted by molar-refractivity contribution is -0.129. The molecule has 1 aliphatic rings. The summed E-state index contributed by atoms with van der Waals surface area (Å²) in [5.74, 6) is -0.507. The van der Waals surface area contributed by atoms with Gasteiger partial charge in [-0.05, 0) is 32.4 Å². The third-order valence-electron chi connectivity index (χ3n) is 5.06. The van der Waals surface area contributed by atoms with Gasteiger partial charge in [0.25, 0.3) is 0 Å². The second-order valence-corrected chi connectivity index (χ2v) is 7.43. The molecule has 0 spiro atoms. The number of rotatable bonds is 6. The van der Waals surface area contributed by atoms with E-state index in [0.29, 0.717) is 31.9 Å². The molecule has 0 aliphatic carbocycles. The maximum absolute atomic E-state index is 12.5. The van der Waals surface area contributed by atoms with Gasteiger partial charge in [-0.2, -0.15) is 4.98 Å². The predicted octanol–water partition coefficient (Wildman–Crippen LogP) is 1.33. The highest BCUT2D eigenvalue weighted by atomic mass is 16.2. The molecule has 0 saturated carbocycles. The first-order valence-corrected chi connectivity index (χ1v) is 9.49. The zero-order chi connectivity index (χ0) is 20.3. The fourth-order valence-corrected chi connectivity index (χ4v) is 3.50. The van der Waals surface area contributed by atoms with Crippen molar-refractivity contribution in [2.75, 3.05) is 13.1 Å². The summed E-state index contributed by atoms with van der Waals surface area (Å²) in [7, 11) is 0. The van der Waals surface area contributed by atoms with Crippen molar-refractivity contribution in [1.82, 2.24) is 19.8 Å². The van der Waals surface area contributed by atoms with Gasteiger partial charge in [-0.15, -0.1) is 0 Å². The van der Waals surface area contributed by atoms with Gasteiger partial charge in [0.1, 0.15) is 0 Å². The van der Waals surface area contributed by atoms with E-state index in [1.165, 1.54) is 10.1 Å².